The maximum absolute atomic E-state index is 12.6. The van der Waals surface area contributed by atoms with E-state index in [1.165, 1.54) is 0 Å². The molecule has 0 spiro atoms. The molecule has 0 heterocycles. The second kappa shape index (κ2) is 8.87. The van der Waals surface area contributed by atoms with Crippen LogP contribution in [0.4, 0.5) is 5.69 Å². The highest BCUT2D eigenvalue weighted by molar-refractivity contribution is 6.03. The number of anilines is 1. The number of amides is 2. The number of rotatable bonds is 7. The predicted octanol–water partition coefficient (Wildman–Crippen LogP) is 3.74. The lowest BCUT2D eigenvalue weighted by molar-refractivity contribution is -0.116. The Morgan fingerprint density at radius 3 is 2.21 bits per heavy atom. The van der Waals surface area contributed by atoms with Crippen molar-refractivity contribution in [1.29, 1.82) is 0 Å². The maximum Gasteiger partial charge on any atom is 0.255 e. The third-order valence-electron chi connectivity index (χ3n) is 3.97. The minimum atomic E-state index is -0.0846. The third kappa shape index (κ3) is 4.69. The summed E-state index contributed by atoms with van der Waals surface area (Å²) in [4.78, 5) is 26.5. The Balaban J connectivity index is 2.04. The normalized spacial score (nSPS) is 10.2. The largest absolute Gasteiger partial charge is 0.339 e. The number of para-hydroxylation sites is 1. The summed E-state index contributed by atoms with van der Waals surface area (Å²) in [5.74, 6) is -0.141. The lowest BCUT2D eigenvalue weighted by Crippen LogP contribution is -2.31. The summed E-state index contributed by atoms with van der Waals surface area (Å²) >= 11 is 0. The van der Waals surface area contributed by atoms with Crippen molar-refractivity contribution < 1.29 is 9.59 Å². The summed E-state index contributed by atoms with van der Waals surface area (Å²) in [7, 11) is 0. The molecule has 0 bridgehead atoms. The van der Waals surface area contributed by atoms with Gasteiger partial charge in [-0.2, -0.15) is 0 Å². The van der Waals surface area contributed by atoms with Crippen molar-refractivity contribution >= 4 is 17.5 Å². The van der Waals surface area contributed by atoms with Gasteiger partial charge in [0.05, 0.1) is 11.3 Å². The van der Waals surface area contributed by atoms with Gasteiger partial charge >= 0.3 is 0 Å². The summed E-state index contributed by atoms with van der Waals surface area (Å²) < 4.78 is 0. The molecule has 0 aliphatic rings. The van der Waals surface area contributed by atoms with Crippen molar-refractivity contribution in [2.45, 2.75) is 26.7 Å². The molecule has 2 aromatic rings. The lowest BCUT2D eigenvalue weighted by atomic mass is 10.1. The molecule has 0 radical (unpaired) electrons. The molecule has 2 aromatic carbocycles. The molecule has 0 atom stereocenters. The van der Waals surface area contributed by atoms with Crippen molar-refractivity contribution in [3.05, 3.63) is 65.7 Å². The van der Waals surface area contributed by atoms with Crippen LogP contribution < -0.4 is 5.32 Å². The van der Waals surface area contributed by atoms with Crippen LogP contribution in [0.2, 0.25) is 0 Å². The molecule has 4 nitrogen and oxygen atoms in total. The van der Waals surface area contributed by atoms with Gasteiger partial charge in [-0.25, -0.2) is 0 Å². The van der Waals surface area contributed by atoms with Crippen LogP contribution in [0.1, 0.15) is 36.2 Å². The van der Waals surface area contributed by atoms with Gasteiger partial charge in [0.25, 0.3) is 5.91 Å². The second-order valence-electron chi connectivity index (χ2n) is 5.56. The van der Waals surface area contributed by atoms with Crippen LogP contribution in [0.3, 0.4) is 0 Å². The topological polar surface area (TPSA) is 49.4 Å². The van der Waals surface area contributed by atoms with Gasteiger partial charge in [-0.05, 0) is 38.0 Å². The van der Waals surface area contributed by atoms with Gasteiger partial charge in [-0.1, -0.05) is 42.5 Å². The first-order chi connectivity index (χ1) is 11.7. The number of carbonyl (C=O) groups is 2. The number of hydrogen-bond acceptors (Lipinski definition) is 2. The Labute approximate surface area is 143 Å². The minimum Gasteiger partial charge on any atom is -0.339 e. The van der Waals surface area contributed by atoms with Crippen molar-refractivity contribution in [2.75, 3.05) is 18.4 Å². The van der Waals surface area contributed by atoms with E-state index >= 15 is 0 Å². The summed E-state index contributed by atoms with van der Waals surface area (Å²) in [5, 5.41) is 2.88. The summed E-state index contributed by atoms with van der Waals surface area (Å²) in [6.45, 7) is 5.18. The van der Waals surface area contributed by atoms with E-state index in [4.69, 9.17) is 0 Å². The molecule has 24 heavy (non-hydrogen) atoms. The van der Waals surface area contributed by atoms with Crippen LogP contribution in [-0.2, 0) is 11.2 Å². The van der Waals surface area contributed by atoms with Crippen LogP contribution in [0, 0.1) is 0 Å². The molecule has 4 heteroatoms. The Bertz CT molecular complexity index is 679. The van der Waals surface area contributed by atoms with Crippen LogP contribution in [-0.4, -0.2) is 29.8 Å². The van der Waals surface area contributed by atoms with Crippen LogP contribution >= 0.6 is 0 Å². The molecular weight excluding hydrogens is 300 g/mol. The molecule has 0 saturated carbocycles. The average Bonchev–Trinajstić information content (AvgIpc) is 2.62. The van der Waals surface area contributed by atoms with Gasteiger partial charge in [0, 0.05) is 19.5 Å². The Hall–Kier alpha value is -2.62. The molecule has 0 aliphatic carbocycles. The molecular formula is C20H24N2O2. The summed E-state index contributed by atoms with van der Waals surface area (Å²) in [6, 6.07) is 17.1. The molecule has 0 fully saturated rings. The van der Waals surface area contributed by atoms with E-state index in [1.807, 2.05) is 56.3 Å². The van der Waals surface area contributed by atoms with E-state index in [0.717, 1.165) is 5.56 Å². The van der Waals surface area contributed by atoms with E-state index in [1.54, 1.807) is 17.0 Å². The van der Waals surface area contributed by atoms with E-state index in [-0.39, 0.29) is 11.8 Å². The fraction of sp³-hybridized carbons (Fsp3) is 0.300. The Morgan fingerprint density at radius 1 is 0.917 bits per heavy atom. The zero-order valence-electron chi connectivity index (χ0n) is 14.3. The lowest BCUT2D eigenvalue weighted by Gasteiger charge is -2.20. The minimum absolute atomic E-state index is 0.0565. The first-order valence-electron chi connectivity index (χ1n) is 8.37. The van der Waals surface area contributed by atoms with E-state index in [2.05, 4.69) is 5.32 Å². The highest BCUT2D eigenvalue weighted by atomic mass is 16.2. The number of nitrogens with one attached hydrogen (secondary N) is 1. The summed E-state index contributed by atoms with van der Waals surface area (Å²) in [5.41, 5.74) is 2.24. The molecule has 2 amide bonds. The van der Waals surface area contributed by atoms with E-state index in [9.17, 15) is 9.59 Å². The number of aryl methyl sites for hydroxylation is 1. The van der Waals surface area contributed by atoms with Crippen molar-refractivity contribution in [1.82, 2.24) is 4.90 Å². The highest BCUT2D eigenvalue weighted by Gasteiger charge is 2.17. The number of carbonyl (C=O) groups excluding carboxylic acids is 2. The average molecular weight is 324 g/mol. The van der Waals surface area contributed by atoms with Crippen LogP contribution in [0.15, 0.2) is 54.6 Å². The van der Waals surface area contributed by atoms with Crippen LogP contribution in [0.25, 0.3) is 0 Å². The number of nitrogens with zero attached hydrogens (tertiary/aromatic N) is 1. The quantitative estimate of drug-likeness (QED) is 0.843. The fourth-order valence-corrected chi connectivity index (χ4v) is 2.58. The zero-order valence-corrected chi connectivity index (χ0v) is 14.3. The first-order valence-corrected chi connectivity index (χ1v) is 8.37. The van der Waals surface area contributed by atoms with Gasteiger partial charge in [-0.15, -0.1) is 0 Å². The smallest absolute Gasteiger partial charge is 0.255 e. The number of hydrogen-bond donors (Lipinski definition) is 1. The van der Waals surface area contributed by atoms with Gasteiger partial charge in [0.15, 0.2) is 0 Å². The van der Waals surface area contributed by atoms with Gasteiger partial charge in [0.2, 0.25) is 5.91 Å². The van der Waals surface area contributed by atoms with Gasteiger partial charge in [-0.3, -0.25) is 9.59 Å². The highest BCUT2D eigenvalue weighted by Crippen LogP contribution is 2.18. The zero-order chi connectivity index (χ0) is 17.4. The standard InChI is InChI=1S/C20H24N2O2/c1-3-22(4-2)20(24)17-12-8-9-13-18(17)21-19(23)15-14-16-10-6-5-7-11-16/h5-13H,3-4,14-15H2,1-2H3,(H,21,23). The van der Waals surface area contributed by atoms with Gasteiger partial charge < -0.3 is 10.2 Å². The molecule has 0 unspecified atom stereocenters. The molecule has 2 rings (SSSR count). The van der Waals surface area contributed by atoms with E-state index < -0.39 is 0 Å². The van der Waals surface area contributed by atoms with Crippen LogP contribution in [0.5, 0.6) is 0 Å². The summed E-state index contributed by atoms with van der Waals surface area (Å²) in [6.07, 6.45) is 1.07. The van der Waals surface area contributed by atoms with E-state index in [0.29, 0.717) is 37.2 Å². The fourth-order valence-electron chi connectivity index (χ4n) is 2.58. The second-order valence-corrected chi connectivity index (χ2v) is 5.56. The molecule has 0 aliphatic heterocycles. The predicted molar refractivity (Wildman–Crippen MR) is 97.1 cm³/mol. The molecule has 126 valence electrons. The number of benzene rings is 2. The third-order valence-corrected chi connectivity index (χ3v) is 3.97. The Morgan fingerprint density at radius 2 is 1.54 bits per heavy atom. The van der Waals surface area contributed by atoms with Crippen molar-refractivity contribution in [2.24, 2.45) is 0 Å². The maximum atomic E-state index is 12.6. The SMILES string of the molecule is CCN(CC)C(=O)c1ccccc1NC(=O)CCc1ccccc1. The monoisotopic (exact) mass is 324 g/mol. The molecule has 0 aromatic heterocycles. The molecule has 1 N–H and O–H groups in total. The Kier molecular flexibility index (Phi) is 6.55. The van der Waals surface area contributed by atoms with Gasteiger partial charge in [0.1, 0.15) is 0 Å². The first kappa shape index (κ1) is 17.7. The van der Waals surface area contributed by atoms with Crippen molar-refractivity contribution in [3.63, 3.8) is 0 Å². The molecule has 0 saturated heterocycles. The van der Waals surface area contributed by atoms with Crippen molar-refractivity contribution in [3.8, 4) is 0 Å².